The minimum atomic E-state index is -1.08. The fourth-order valence-corrected chi connectivity index (χ4v) is 5.30. The number of halogens is 1. The maximum atomic E-state index is 11.9. The average Bonchev–Trinajstić information content (AvgIpc) is 3.02. The van der Waals surface area contributed by atoms with Gasteiger partial charge in [-0.05, 0) is 71.4 Å². The number of hydrogen-bond donors (Lipinski definition) is 5. The fraction of sp³-hybridized carbons (Fsp3) is 0.765. The molecule has 4 heterocycles. The number of carboxylic acid groups (broad SMARTS) is 1. The Morgan fingerprint density at radius 1 is 0.833 bits per heavy atom. The first-order chi connectivity index (χ1) is 25.3. The number of aliphatic carboxylic acids is 1. The molecule has 7 N–H and O–H groups in total. The smallest absolute Gasteiger partial charge is 0.407 e. The number of unbranched alkanes of at least 4 members (excludes halogenated alkanes) is 2. The number of rotatable bonds is 15. The molecule has 20 heteroatoms. The molecule has 6 amide bonds. The van der Waals surface area contributed by atoms with Gasteiger partial charge in [-0.2, -0.15) is 0 Å². The number of imide groups is 2. The Morgan fingerprint density at radius 2 is 1.37 bits per heavy atom. The van der Waals surface area contributed by atoms with Gasteiger partial charge in [0.25, 0.3) is 0 Å². The lowest BCUT2D eigenvalue weighted by Crippen LogP contribution is -2.67. The van der Waals surface area contributed by atoms with Gasteiger partial charge in [-0.1, -0.05) is 0 Å². The minimum absolute atomic E-state index is 0.0704. The van der Waals surface area contributed by atoms with Gasteiger partial charge in [-0.3, -0.25) is 39.4 Å². The Bertz CT molecular complexity index is 1280. The van der Waals surface area contributed by atoms with Crippen LogP contribution in [0.4, 0.5) is 4.79 Å². The van der Waals surface area contributed by atoms with E-state index in [2.05, 4.69) is 27.0 Å². The Kier molecular flexibility index (Phi) is 22.0. The second-order valence-electron chi connectivity index (χ2n) is 14.1. The summed E-state index contributed by atoms with van der Waals surface area (Å²) in [6, 6.07) is 0. The second-order valence-corrected chi connectivity index (χ2v) is 14.5. The lowest BCUT2D eigenvalue weighted by molar-refractivity contribution is -0.368. The Hall–Kier alpha value is -3.75. The molecule has 4 saturated heterocycles. The van der Waals surface area contributed by atoms with Crippen molar-refractivity contribution in [3.05, 3.63) is 0 Å². The van der Waals surface area contributed by atoms with Gasteiger partial charge in [0.15, 0.2) is 0 Å². The molecule has 54 heavy (non-hydrogen) atoms. The normalized spacial score (nSPS) is 17.8. The van der Waals surface area contributed by atoms with Crippen LogP contribution >= 0.6 is 11.6 Å². The van der Waals surface area contributed by atoms with E-state index in [1.807, 2.05) is 0 Å². The van der Waals surface area contributed by atoms with Crippen molar-refractivity contribution in [1.29, 1.82) is 0 Å². The summed E-state index contributed by atoms with van der Waals surface area (Å²) in [6.45, 7) is 11.4. The van der Waals surface area contributed by atoms with Crippen molar-refractivity contribution in [2.24, 2.45) is 10.8 Å². The van der Waals surface area contributed by atoms with Gasteiger partial charge in [0.2, 0.25) is 34.8 Å². The van der Waals surface area contributed by atoms with E-state index in [1.165, 1.54) is 0 Å². The van der Waals surface area contributed by atoms with E-state index in [0.29, 0.717) is 65.1 Å². The van der Waals surface area contributed by atoms with Gasteiger partial charge in [0.1, 0.15) is 18.8 Å². The standard InChI is InChI=1S/C14H23N3O4.C11H20ClNO5.C7H10N2O2.C2H4O2/c15-6-2-1-3-7-21-8-12(19)17-9-14(10-17)5-4-11(18)16-13(14)20;1-11(2,3)18-10(15)13-4-5-16-6-7-17-8-9(12)14;10-5-1-2-7(3-8-4-7)6(11)9-5;1-2(3)4/h1-10,15H2,(H,16,18,20);4-8H2,1-3H3,(H,13,15);8H,1-4H2,(H,9,10,11);1H3,(H,3,4). The molecule has 0 unspecified atom stereocenters. The number of quaternary nitrogens is 1. The predicted octanol–water partition coefficient (Wildman–Crippen LogP) is -2.24. The summed E-state index contributed by atoms with van der Waals surface area (Å²) < 4.78 is 20.4. The third kappa shape index (κ3) is 19.5. The molecule has 19 nitrogen and oxygen atoms in total. The molecule has 0 aliphatic carbocycles. The molecule has 0 radical (unpaired) electrons. The van der Waals surface area contributed by atoms with E-state index < -0.39 is 28.3 Å². The van der Waals surface area contributed by atoms with Crippen LogP contribution < -0.4 is 32.1 Å². The van der Waals surface area contributed by atoms with Gasteiger partial charge in [-0.25, -0.2) is 4.79 Å². The summed E-state index contributed by atoms with van der Waals surface area (Å²) in [5.74, 6) is -1.85. The number of hydrogen-bond acceptors (Lipinski definition) is 14. The zero-order valence-electron chi connectivity index (χ0n) is 31.8. The van der Waals surface area contributed by atoms with E-state index in [4.69, 9.17) is 40.4 Å². The SMILES string of the molecule is CC(=O)[O-].CC(C)(C)OC(=O)NCCOCCOCC(=O)Cl.O=C1CCC2(CNC2)C(=O)N1.[NH3+]CCCCCOCC(=O)N1CC2(CCC(=O)NC2=O)C1. The van der Waals surface area contributed by atoms with Crippen LogP contribution in [0.3, 0.4) is 0 Å². The Balaban J connectivity index is 0.000000399. The first-order valence-corrected chi connectivity index (χ1v) is 18.2. The number of nitrogens with zero attached hydrogens (tertiary/aromatic N) is 1. The highest BCUT2D eigenvalue weighted by atomic mass is 35.5. The first-order valence-electron chi connectivity index (χ1n) is 17.9. The Labute approximate surface area is 320 Å². The van der Waals surface area contributed by atoms with Crippen molar-refractivity contribution in [3.63, 3.8) is 0 Å². The molecular weight excluding hydrogens is 736 g/mol. The van der Waals surface area contributed by atoms with Gasteiger partial charge >= 0.3 is 6.09 Å². The topological polar surface area (TPSA) is 276 Å². The van der Waals surface area contributed by atoms with Crippen LogP contribution in [0.15, 0.2) is 0 Å². The van der Waals surface area contributed by atoms with Crippen LogP contribution in [0.1, 0.15) is 72.6 Å². The third-order valence-corrected chi connectivity index (χ3v) is 8.27. The quantitative estimate of drug-likeness (QED) is 0.0667. The fourth-order valence-electron chi connectivity index (χ4n) is 5.22. The molecule has 4 rings (SSSR count). The summed E-state index contributed by atoms with van der Waals surface area (Å²) in [4.78, 5) is 88.9. The van der Waals surface area contributed by atoms with Crippen molar-refractivity contribution in [2.45, 2.75) is 78.2 Å². The largest absolute Gasteiger partial charge is 0.550 e. The van der Waals surface area contributed by atoms with Crippen LogP contribution in [0.25, 0.3) is 0 Å². The Morgan fingerprint density at radius 3 is 1.85 bits per heavy atom. The number of amides is 6. The second kappa shape index (κ2) is 24.6. The molecule has 2 spiro atoms. The average molecular weight is 793 g/mol. The van der Waals surface area contributed by atoms with Crippen LogP contribution in [0.5, 0.6) is 0 Å². The highest BCUT2D eigenvalue weighted by Crippen LogP contribution is 2.37. The lowest BCUT2D eigenvalue weighted by atomic mass is 9.73. The molecule has 308 valence electrons. The monoisotopic (exact) mass is 792 g/mol. The molecule has 4 fully saturated rings. The number of nitrogens with one attached hydrogen (secondary N) is 4. The number of likely N-dealkylation sites (tertiary alicyclic amines) is 1. The molecule has 4 aliphatic heterocycles. The summed E-state index contributed by atoms with van der Waals surface area (Å²) in [5, 5.41) is 18.6. The summed E-state index contributed by atoms with van der Waals surface area (Å²) in [6.07, 6.45) is 4.72. The molecule has 0 aromatic rings. The van der Waals surface area contributed by atoms with Crippen molar-refractivity contribution in [2.75, 3.05) is 78.9 Å². The lowest BCUT2D eigenvalue weighted by Gasteiger charge is -2.50. The van der Waals surface area contributed by atoms with Gasteiger partial charge in [0.05, 0.1) is 37.2 Å². The molecule has 0 bridgehead atoms. The highest BCUT2D eigenvalue weighted by Gasteiger charge is 2.53. The van der Waals surface area contributed by atoms with Crippen LogP contribution in [-0.2, 0) is 52.5 Å². The maximum Gasteiger partial charge on any atom is 0.407 e. The number of carbonyl (C=O) groups is 8. The first kappa shape index (κ1) is 48.3. The van der Waals surface area contributed by atoms with E-state index in [1.54, 1.807) is 25.7 Å². The molecule has 0 aromatic carbocycles. The zero-order chi connectivity index (χ0) is 40.8. The number of carboxylic acids is 1. The minimum Gasteiger partial charge on any atom is -0.550 e. The number of ether oxygens (including phenoxy) is 4. The molecular formula is C34H57ClN6O13. The van der Waals surface area contributed by atoms with Crippen molar-refractivity contribution < 1.29 is 68.1 Å². The van der Waals surface area contributed by atoms with E-state index in [-0.39, 0.29) is 54.8 Å². The molecule has 0 saturated carbocycles. The van der Waals surface area contributed by atoms with Gasteiger partial charge in [-0.15, -0.1) is 0 Å². The van der Waals surface area contributed by atoms with E-state index in [0.717, 1.165) is 45.8 Å². The van der Waals surface area contributed by atoms with Crippen molar-refractivity contribution in [3.8, 4) is 0 Å². The number of piperidine rings is 2. The van der Waals surface area contributed by atoms with E-state index >= 15 is 0 Å². The van der Waals surface area contributed by atoms with Crippen molar-refractivity contribution >= 4 is 58.4 Å². The van der Waals surface area contributed by atoms with Gasteiger partial charge in [0, 0.05) is 58.1 Å². The molecule has 4 aliphatic rings. The highest BCUT2D eigenvalue weighted by molar-refractivity contribution is 6.63. The maximum absolute atomic E-state index is 11.9. The van der Waals surface area contributed by atoms with Crippen LogP contribution in [-0.4, -0.2) is 136 Å². The summed E-state index contributed by atoms with van der Waals surface area (Å²) in [7, 11) is 0. The molecule has 0 aromatic heterocycles. The summed E-state index contributed by atoms with van der Waals surface area (Å²) >= 11 is 5.06. The molecule has 0 atom stereocenters. The number of alkyl carbamates (subject to hydrolysis) is 1. The summed E-state index contributed by atoms with van der Waals surface area (Å²) in [5.41, 5.74) is 2.48. The van der Waals surface area contributed by atoms with Crippen LogP contribution in [0.2, 0.25) is 0 Å². The number of carbonyl (C=O) groups excluding carboxylic acids is 8. The zero-order valence-corrected chi connectivity index (χ0v) is 32.5. The van der Waals surface area contributed by atoms with Crippen molar-refractivity contribution in [1.82, 2.24) is 26.2 Å². The predicted molar refractivity (Wildman–Crippen MR) is 189 cm³/mol. The van der Waals surface area contributed by atoms with E-state index in [9.17, 15) is 33.6 Å². The van der Waals surface area contributed by atoms with Crippen LogP contribution in [0, 0.1) is 10.8 Å². The third-order valence-electron chi connectivity index (χ3n) is 8.16. The van der Waals surface area contributed by atoms with Gasteiger partial charge < -0.3 is 50.1 Å².